The Morgan fingerprint density at radius 1 is 0.933 bits per heavy atom. The van der Waals surface area contributed by atoms with Crippen molar-refractivity contribution < 1.29 is 17.6 Å². The van der Waals surface area contributed by atoms with Crippen molar-refractivity contribution >= 4 is 27.3 Å². The highest BCUT2D eigenvalue weighted by molar-refractivity contribution is 7.92. The lowest BCUT2D eigenvalue weighted by Gasteiger charge is -2.24. The fourth-order valence-corrected chi connectivity index (χ4v) is 4.79. The van der Waals surface area contributed by atoms with Gasteiger partial charge in [-0.25, -0.2) is 12.8 Å². The van der Waals surface area contributed by atoms with Gasteiger partial charge in [-0.05, 0) is 62.2 Å². The monoisotopic (exact) mass is 426 g/mol. The number of sulfonamides is 1. The Morgan fingerprint density at radius 2 is 1.57 bits per heavy atom. The van der Waals surface area contributed by atoms with Crippen LogP contribution < -0.4 is 9.62 Å². The van der Waals surface area contributed by atoms with E-state index in [-0.39, 0.29) is 10.6 Å². The average molecular weight is 427 g/mol. The van der Waals surface area contributed by atoms with Gasteiger partial charge in [0.1, 0.15) is 12.4 Å². The second kappa shape index (κ2) is 8.67. The minimum Gasteiger partial charge on any atom is -0.324 e. The molecule has 1 N–H and O–H groups in total. The summed E-state index contributed by atoms with van der Waals surface area (Å²) in [6.45, 7) is 5.22. The summed E-state index contributed by atoms with van der Waals surface area (Å²) in [7, 11) is -4.08. The summed E-state index contributed by atoms with van der Waals surface area (Å²) in [4.78, 5) is 12.9. The van der Waals surface area contributed by atoms with Crippen LogP contribution in [0.5, 0.6) is 0 Å². The summed E-state index contributed by atoms with van der Waals surface area (Å²) in [5.41, 5.74) is 3.54. The molecule has 0 aliphatic carbocycles. The maximum atomic E-state index is 13.8. The molecule has 30 heavy (non-hydrogen) atoms. The van der Waals surface area contributed by atoms with Crippen LogP contribution in [0.4, 0.5) is 15.8 Å². The quantitative estimate of drug-likeness (QED) is 0.627. The number of halogens is 1. The third-order valence-corrected chi connectivity index (χ3v) is 6.44. The van der Waals surface area contributed by atoms with E-state index in [2.05, 4.69) is 5.32 Å². The van der Waals surface area contributed by atoms with Gasteiger partial charge in [0.05, 0.1) is 10.6 Å². The van der Waals surface area contributed by atoms with Crippen molar-refractivity contribution in [2.75, 3.05) is 16.2 Å². The summed E-state index contributed by atoms with van der Waals surface area (Å²) in [5, 5.41) is 2.81. The van der Waals surface area contributed by atoms with E-state index < -0.39 is 28.3 Å². The fourth-order valence-electron chi connectivity index (χ4n) is 3.35. The maximum Gasteiger partial charge on any atom is 0.264 e. The number of benzene rings is 3. The highest BCUT2D eigenvalue weighted by Gasteiger charge is 2.27. The van der Waals surface area contributed by atoms with Crippen LogP contribution in [-0.4, -0.2) is 20.9 Å². The molecule has 7 heteroatoms. The van der Waals surface area contributed by atoms with Crippen molar-refractivity contribution in [3.05, 3.63) is 89.2 Å². The predicted molar refractivity (Wildman–Crippen MR) is 117 cm³/mol. The maximum absolute atomic E-state index is 13.8. The Labute approximate surface area is 176 Å². The largest absolute Gasteiger partial charge is 0.324 e. The molecule has 0 fully saturated rings. The summed E-state index contributed by atoms with van der Waals surface area (Å²) in [6, 6.07) is 16.8. The third-order valence-electron chi connectivity index (χ3n) is 4.66. The van der Waals surface area contributed by atoms with Crippen LogP contribution in [0.1, 0.15) is 16.7 Å². The van der Waals surface area contributed by atoms with Gasteiger partial charge < -0.3 is 5.32 Å². The Morgan fingerprint density at radius 3 is 2.17 bits per heavy atom. The van der Waals surface area contributed by atoms with Crippen molar-refractivity contribution in [2.45, 2.75) is 25.7 Å². The zero-order valence-electron chi connectivity index (χ0n) is 17.0. The van der Waals surface area contributed by atoms with Crippen LogP contribution in [-0.2, 0) is 14.8 Å². The van der Waals surface area contributed by atoms with E-state index in [1.165, 1.54) is 30.3 Å². The average Bonchev–Trinajstić information content (AvgIpc) is 2.69. The van der Waals surface area contributed by atoms with Gasteiger partial charge >= 0.3 is 0 Å². The van der Waals surface area contributed by atoms with Crippen molar-refractivity contribution in [1.82, 2.24) is 0 Å². The molecule has 0 aliphatic rings. The molecule has 3 aromatic carbocycles. The first-order valence-electron chi connectivity index (χ1n) is 9.39. The molecule has 156 valence electrons. The molecule has 1 amide bonds. The predicted octanol–water partition coefficient (Wildman–Crippen LogP) is 4.58. The minimum absolute atomic E-state index is 0.0183. The standard InChI is InChI=1S/C23H23FN2O3S/c1-16-12-17(2)23(18(3)13-16)25-22(27)15-26(20-9-7-8-19(24)14-20)30(28,29)21-10-5-4-6-11-21/h4-14H,15H2,1-3H3,(H,25,27). The lowest BCUT2D eigenvalue weighted by molar-refractivity contribution is -0.114. The highest BCUT2D eigenvalue weighted by atomic mass is 32.2. The van der Waals surface area contributed by atoms with Gasteiger partial charge in [0.15, 0.2) is 0 Å². The van der Waals surface area contributed by atoms with Gasteiger partial charge in [-0.2, -0.15) is 0 Å². The molecule has 0 unspecified atom stereocenters. The second-order valence-electron chi connectivity index (χ2n) is 7.13. The molecule has 5 nitrogen and oxygen atoms in total. The summed E-state index contributed by atoms with van der Waals surface area (Å²) in [5.74, 6) is -1.11. The third kappa shape index (κ3) is 4.68. The number of anilines is 2. The minimum atomic E-state index is -4.08. The molecule has 0 aromatic heterocycles. The Bertz CT molecular complexity index is 1160. The van der Waals surface area contributed by atoms with Crippen LogP contribution in [0.2, 0.25) is 0 Å². The molecule has 0 saturated carbocycles. The summed E-state index contributed by atoms with van der Waals surface area (Å²) < 4.78 is 41.2. The molecule has 0 atom stereocenters. The smallest absolute Gasteiger partial charge is 0.264 e. The number of rotatable bonds is 6. The van der Waals surface area contributed by atoms with Crippen LogP contribution in [0.25, 0.3) is 0 Å². The van der Waals surface area contributed by atoms with Crippen LogP contribution >= 0.6 is 0 Å². The van der Waals surface area contributed by atoms with E-state index in [1.807, 2.05) is 32.9 Å². The molecular formula is C23H23FN2O3S. The van der Waals surface area contributed by atoms with Crippen molar-refractivity contribution in [3.63, 3.8) is 0 Å². The fraction of sp³-hybridized carbons (Fsp3) is 0.174. The zero-order chi connectivity index (χ0) is 21.9. The molecule has 3 aromatic rings. The van der Waals surface area contributed by atoms with E-state index in [0.717, 1.165) is 27.1 Å². The highest BCUT2D eigenvalue weighted by Crippen LogP contribution is 2.26. The Balaban J connectivity index is 1.97. The summed E-state index contributed by atoms with van der Waals surface area (Å²) >= 11 is 0. The number of nitrogens with zero attached hydrogens (tertiary/aromatic N) is 1. The molecular weight excluding hydrogens is 403 g/mol. The van der Waals surface area contributed by atoms with Crippen LogP contribution in [0.15, 0.2) is 71.6 Å². The second-order valence-corrected chi connectivity index (χ2v) is 8.99. The first kappa shape index (κ1) is 21.5. The topological polar surface area (TPSA) is 66.5 Å². The number of amides is 1. The molecule has 0 heterocycles. The zero-order valence-corrected chi connectivity index (χ0v) is 17.8. The first-order valence-corrected chi connectivity index (χ1v) is 10.8. The Kier molecular flexibility index (Phi) is 6.22. The van der Waals surface area contributed by atoms with Gasteiger partial charge in [-0.15, -0.1) is 0 Å². The molecule has 0 aliphatic heterocycles. The lowest BCUT2D eigenvalue weighted by atomic mass is 10.1. The molecule has 0 bridgehead atoms. The number of nitrogens with one attached hydrogen (secondary N) is 1. The number of aryl methyl sites for hydroxylation is 3. The van der Waals surface area contributed by atoms with E-state index in [0.29, 0.717) is 5.69 Å². The first-order chi connectivity index (χ1) is 14.2. The van der Waals surface area contributed by atoms with E-state index >= 15 is 0 Å². The molecule has 0 saturated heterocycles. The van der Waals surface area contributed by atoms with Crippen LogP contribution in [0, 0.1) is 26.6 Å². The summed E-state index contributed by atoms with van der Waals surface area (Å²) in [6.07, 6.45) is 0. The molecule has 0 radical (unpaired) electrons. The number of carbonyl (C=O) groups is 1. The van der Waals surface area contributed by atoms with Gasteiger partial charge in [-0.1, -0.05) is 42.0 Å². The number of hydrogen-bond acceptors (Lipinski definition) is 3. The van der Waals surface area contributed by atoms with E-state index in [4.69, 9.17) is 0 Å². The van der Waals surface area contributed by atoms with Gasteiger partial charge in [-0.3, -0.25) is 9.10 Å². The Hall–Kier alpha value is -3.19. The molecule has 0 spiro atoms. The van der Waals surface area contributed by atoms with E-state index in [1.54, 1.807) is 18.2 Å². The SMILES string of the molecule is Cc1cc(C)c(NC(=O)CN(c2cccc(F)c2)S(=O)(=O)c2ccccc2)c(C)c1. The molecule has 3 rings (SSSR count). The van der Waals surface area contributed by atoms with Gasteiger partial charge in [0.25, 0.3) is 10.0 Å². The van der Waals surface area contributed by atoms with Crippen molar-refractivity contribution in [3.8, 4) is 0 Å². The van der Waals surface area contributed by atoms with Crippen molar-refractivity contribution in [2.24, 2.45) is 0 Å². The van der Waals surface area contributed by atoms with Crippen molar-refractivity contribution in [1.29, 1.82) is 0 Å². The van der Waals surface area contributed by atoms with Gasteiger partial charge in [0.2, 0.25) is 5.91 Å². The van der Waals surface area contributed by atoms with Gasteiger partial charge in [0, 0.05) is 5.69 Å². The normalized spacial score (nSPS) is 11.2. The number of hydrogen-bond donors (Lipinski definition) is 1. The lowest BCUT2D eigenvalue weighted by Crippen LogP contribution is -2.38. The number of carbonyl (C=O) groups excluding carboxylic acids is 1. The van der Waals surface area contributed by atoms with Crippen LogP contribution in [0.3, 0.4) is 0 Å². The van der Waals surface area contributed by atoms with E-state index in [9.17, 15) is 17.6 Å².